The van der Waals surface area contributed by atoms with E-state index >= 15 is 0 Å². The molecule has 6 nitrogen and oxygen atoms in total. The lowest BCUT2D eigenvalue weighted by Crippen LogP contribution is -2.18. The van der Waals surface area contributed by atoms with Crippen LogP contribution in [0.25, 0.3) is 0 Å². The molecule has 0 saturated heterocycles. The summed E-state index contributed by atoms with van der Waals surface area (Å²) in [6, 6.07) is 8.22. The number of pyridine rings is 1. The maximum atomic E-state index is 13.9. The summed E-state index contributed by atoms with van der Waals surface area (Å²) in [7, 11) is 0. The van der Waals surface area contributed by atoms with Crippen molar-refractivity contribution in [3.8, 4) is 0 Å². The van der Waals surface area contributed by atoms with Crippen molar-refractivity contribution >= 4 is 17.5 Å². The van der Waals surface area contributed by atoms with Crippen LogP contribution >= 0.6 is 0 Å². The number of benzene rings is 1. The quantitative estimate of drug-likeness (QED) is 0.732. The number of aromatic nitrogens is 3. The Bertz CT molecular complexity index is 1070. The van der Waals surface area contributed by atoms with Gasteiger partial charge in [-0.1, -0.05) is 0 Å². The minimum Gasteiger partial charge on any atom is -0.350 e. The fraction of sp³-hybridized carbons (Fsp3) is 0.238. The second kappa shape index (κ2) is 6.67. The molecule has 2 aliphatic rings. The molecule has 7 heteroatoms. The van der Waals surface area contributed by atoms with Gasteiger partial charge in [-0.2, -0.15) is 0 Å². The summed E-state index contributed by atoms with van der Waals surface area (Å²) in [5, 5.41) is 6.10. The lowest BCUT2D eigenvalue weighted by atomic mass is 9.93. The van der Waals surface area contributed by atoms with Crippen molar-refractivity contribution in [2.75, 3.05) is 10.6 Å². The fourth-order valence-corrected chi connectivity index (χ4v) is 3.96. The van der Waals surface area contributed by atoms with Crippen LogP contribution in [0.3, 0.4) is 0 Å². The third-order valence-electron chi connectivity index (χ3n) is 5.28. The molecule has 0 bridgehead atoms. The van der Waals surface area contributed by atoms with Crippen LogP contribution in [0.2, 0.25) is 0 Å². The third kappa shape index (κ3) is 2.89. The number of anilines is 2. The van der Waals surface area contributed by atoms with Crippen LogP contribution in [0, 0.1) is 5.82 Å². The molecule has 1 aliphatic carbocycles. The van der Waals surface area contributed by atoms with Crippen molar-refractivity contribution in [1.82, 2.24) is 15.0 Å². The molecule has 1 atom stereocenters. The van der Waals surface area contributed by atoms with Gasteiger partial charge < -0.3 is 10.6 Å². The monoisotopic (exact) mass is 375 g/mol. The Morgan fingerprint density at radius 3 is 2.86 bits per heavy atom. The van der Waals surface area contributed by atoms with Gasteiger partial charge >= 0.3 is 0 Å². The molecule has 2 aromatic heterocycles. The minimum absolute atomic E-state index is 0.173. The standard InChI is InChI=1S/C21H18FN5O/c22-13-4-5-17-15(10-13)18(20(28)25-17)19-14-2-1-3-16(14)26-21(27-19)24-11-12-6-8-23-9-7-12/h4-10,18H,1-3,11H2,(H,25,28)(H,24,26,27). The molecule has 140 valence electrons. The Kier molecular flexibility index (Phi) is 4.00. The zero-order valence-electron chi connectivity index (χ0n) is 15.1. The molecule has 1 unspecified atom stereocenters. The first-order valence-electron chi connectivity index (χ1n) is 9.32. The zero-order valence-corrected chi connectivity index (χ0v) is 15.1. The number of carbonyl (C=O) groups is 1. The summed E-state index contributed by atoms with van der Waals surface area (Å²) in [4.78, 5) is 26.1. The Balaban J connectivity index is 1.54. The molecule has 3 heterocycles. The Morgan fingerprint density at radius 1 is 1.14 bits per heavy atom. The van der Waals surface area contributed by atoms with Crippen LogP contribution in [0.15, 0.2) is 42.7 Å². The van der Waals surface area contributed by atoms with Crippen molar-refractivity contribution in [1.29, 1.82) is 0 Å². The lowest BCUT2D eigenvalue weighted by Gasteiger charge is -2.15. The number of aryl methyl sites for hydroxylation is 1. The van der Waals surface area contributed by atoms with Gasteiger partial charge in [-0.05, 0) is 66.3 Å². The summed E-state index contributed by atoms with van der Waals surface area (Å²) in [6.07, 6.45) is 6.15. The second-order valence-electron chi connectivity index (χ2n) is 7.07. The molecule has 2 N–H and O–H groups in total. The third-order valence-corrected chi connectivity index (χ3v) is 5.28. The molecule has 0 radical (unpaired) electrons. The number of amides is 1. The Labute approximate surface area is 161 Å². The van der Waals surface area contributed by atoms with E-state index in [2.05, 4.69) is 20.6 Å². The Hall–Kier alpha value is -3.35. The molecule has 0 saturated carbocycles. The van der Waals surface area contributed by atoms with Crippen molar-refractivity contribution < 1.29 is 9.18 Å². The predicted molar refractivity (Wildman–Crippen MR) is 102 cm³/mol. The zero-order chi connectivity index (χ0) is 19.1. The maximum Gasteiger partial charge on any atom is 0.238 e. The van der Waals surface area contributed by atoms with Crippen molar-refractivity contribution in [2.24, 2.45) is 0 Å². The van der Waals surface area contributed by atoms with Crippen LogP contribution in [-0.2, 0) is 24.2 Å². The number of fused-ring (bicyclic) bond motifs is 2. The molecule has 28 heavy (non-hydrogen) atoms. The first-order chi connectivity index (χ1) is 13.7. The first kappa shape index (κ1) is 16.8. The molecule has 1 aliphatic heterocycles. The average molecular weight is 375 g/mol. The van der Waals surface area contributed by atoms with Gasteiger partial charge in [0.1, 0.15) is 11.7 Å². The van der Waals surface area contributed by atoms with Gasteiger partial charge in [-0.25, -0.2) is 14.4 Å². The number of rotatable bonds is 4. The molecule has 5 rings (SSSR count). The number of carbonyl (C=O) groups excluding carboxylic acids is 1. The van der Waals surface area contributed by atoms with Crippen LogP contribution < -0.4 is 10.6 Å². The summed E-state index contributed by atoms with van der Waals surface area (Å²) >= 11 is 0. The second-order valence-corrected chi connectivity index (χ2v) is 7.07. The maximum absolute atomic E-state index is 13.9. The highest BCUT2D eigenvalue weighted by atomic mass is 19.1. The van der Waals surface area contributed by atoms with Gasteiger partial charge in [-0.15, -0.1) is 0 Å². The highest BCUT2D eigenvalue weighted by Crippen LogP contribution is 2.40. The highest BCUT2D eigenvalue weighted by Gasteiger charge is 2.37. The molecule has 0 fully saturated rings. The number of nitrogens with one attached hydrogen (secondary N) is 2. The first-order valence-corrected chi connectivity index (χ1v) is 9.32. The number of hydrogen-bond acceptors (Lipinski definition) is 5. The van der Waals surface area contributed by atoms with Crippen molar-refractivity contribution in [3.05, 3.63) is 76.6 Å². The molecule has 0 spiro atoms. The molecular formula is C21H18FN5O. The summed E-state index contributed by atoms with van der Waals surface area (Å²) < 4.78 is 13.9. The van der Waals surface area contributed by atoms with Crippen LogP contribution in [0.5, 0.6) is 0 Å². The molecule has 3 aromatic rings. The average Bonchev–Trinajstić information content (AvgIpc) is 3.30. The van der Waals surface area contributed by atoms with Crippen LogP contribution in [0.1, 0.15) is 40.4 Å². The van der Waals surface area contributed by atoms with Gasteiger partial charge in [0.2, 0.25) is 11.9 Å². The predicted octanol–water partition coefficient (Wildman–Crippen LogP) is 3.20. The number of nitrogens with zero attached hydrogens (tertiary/aromatic N) is 3. The van der Waals surface area contributed by atoms with E-state index in [4.69, 9.17) is 4.98 Å². The largest absolute Gasteiger partial charge is 0.350 e. The smallest absolute Gasteiger partial charge is 0.238 e. The normalized spacial score (nSPS) is 17.2. The molecule has 1 aromatic carbocycles. The van der Waals surface area contributed by atoms with Gasteiger partial charge in [0, 0.05) is 30.3 Å². The van der Waals surface area contributed by atoms with E-state index < -0.39 is 5.92 Å². The molecule has 1 amide bonds. The number of hydrogen-bond donors (Lipinski definition) is 2. The van der Waals surface area contributed by atoms with Gasteiger partial charge in [0.25, 0.3) is 0 Å². The molecular weight excluding hydrogens is 357 g/mol. The van der Waals surface area contributed by atoms with E-state index in [1.54, 1.807) is 18.5 Å². The highest BCUT2D eigenvalue weighted by molar-refractivity contribution is 6.05. The van der Waals surface area contributed by atoms with E-state index in [9.17, 15) is 9.18 Å². The topological polar surface area (TPSA) is 79.8 Å². The summed E-state index contributed by atoms with van der Waals surface area (Å²) in [6.45, 7) is 0.558. The van der Waals surface area contributed by atoms with E-state index in [0.29, 0.717) is 29.4 Å². The van der Waals surface area contributed by atoms with E-state index in [0.717, 1.165) is 36.1 Å². The van der Waals surface area contributed by atoms with E-state index in [1.165, 1.54) is 12.1 Å². The van der Waals surface area contributed by atoms with Crippen LogP contribution in [0.4, 0.5) is 16.0 Å². The van der Waals surface area contributed by atoms with Gasteiger partial charge in [-0.3, -0.25) is 9.78 Å². The fourth-order valence-electron chi connectivity index (χ4n) is 3.96. The van der Waals surface area contributed by atoms with E-state index in [-0.39, 0.29) is 11.7 Å². The van der Waals surface area contributed by atoms with Gasteiger partial charge in [0.15, 0.2) is 0 Å². The van der Waals surface area contributed by atoms with Crippen molar-refractivity contribution in [2.45, 2.75) is 31.7 Å². The summed E-state index contributed by atoms with van der Waals surface area (Å²) in [5.74, 6) is -0.650. The SMILES string of the molecule is O=C1Nc2ccc(F)cc2C1c1nc(NCc2ccncc2)nc2c1CCC2. The minimum atomic E-state index is -0.609. The Morgan fingerprint density at radius 2 is 2.00 bits per heavy atom. The van der Waals surface area contributed by atoms with Crippen molar-refractivity contribution in [3.63, 3.8) is 0 Å². The van der Waals surface area contributed by atoms with Crippen LogP contribution in [-0.4, -0.2) is 20.9 Å². The van der Waals surface area contributed by atoms with E-state index in [1.807, 2.05) is 12.1 Å². The number of halogens is 1. The summed E-state index contributed by atoms with van der Waals surface area (Å²) in [5.41, 5.74) is 5.02. The van der Waals surface area contributed by atoms with Gasteiger partial charge in [0.05, 0.1) is 5.69 Å². The lowest BCUT2D eigenvalue weighted by molar-refractivity contribution is -0.116.